The fourth-order valence-corrected chi connectivity index (χ4v) is 1.00. The first-order valence-electron chi connectivity index (χ1n) is 4.31. The summed E-state index contributed by atoms with van der Waals surface area (Å²) in [6, 6.07) is 1.84. The van der Waals surface area contributed by atoms with Crippen molar-refractivity contribution in [2.75, 3.05) is 31.0 Å². The predicted molar refractivity (Wildman–Crippen MR) is 54.9 cm³/mol. The van der Waals surface area contributed by atoms with E-state index in [1.165, 1.54) is 0 Å². The highest BCUT2D eigenvalue weighted by molar-refractivity contribution is 5.41. The molecule has 0 aromatic carbocycles. The number of nitrogens with one attached hydrogen (secondary N) is 2. The molecule has 14 heavy (non-hydrogen) atoms. The van der Waals surface area contributed by atoms with Gasteiger partial charge in [-0.25, -0.2) is 10.8 Å². The Kier molecular flexibility index (Phi) is 4.09. The van der Waals surface area contributed by atoms with Crippen LogP contribution >= 0.6 is 0 Å². The molecule has 0 radical (unpaired) electrons. The maximum Gasteiger partial charge on any atom is 0.239 e. The van der Waals surface area contributed by atoms with E-state index in [-0.39, 0.29) is 0 Å². The number of methoxy groups -OCH3 is 1. The third kappa shape index (κ3) is 3.15. The van der Waals surface area contributed by atoms with Gasteiger partial charge in [0.25, 0.3) is 0 Å². The van der Waals surface area contributed by atoms with Gasteiger partial charge in [-0.1, -0.05) is 0 Å². The molecule has 0 spiro atoms. The van der Waals surface area contributed by atoms with Crippen molar-refractivity contribution in [3.05, 3.63) is 11.8 Å². The Bertz CT molecular complexity index is 291. The van der Waals surface area contributed by atoms with Gasteiger partial charge in [-0.3, -0.25) is 5.43 Å². The summed E-state index contributed by atoms with van der Waals surface area (Å²) >= 11 is 0. The summed E-state index contributed by atoms with van der Waals surface area (Å²) in [7, 11) is 1.65. The van der Waals surface area contributed by atoms with Crippen LogP contribution in [0.1, 0.15) is 5.69 Å². The van der Waals surface area contributed by atoms with E-state index < -0.39 is 0 Å². The van der Waals surface area contributed by atoms with Gasteiger partial charge in [-0.05, 0) is 6.92 Å². The first-order valence-corrected chi connectivity index (χ1v) is 4.31. The van der Waals surface area contributed by atoms with Gasteiger partial charge in [-0.15, -0.1) is 0 Å². The van der Waals surface area contributed by atoms with Crippen molar-refractivity contribution in [2.24, 2.45) is 5.84 Å². The lowest BCUT2D eigenvalue weighted by atomic mass is 10.4. The summed E-state index contributed by atoms with van der Waals surface area (Å²) in [4.78, 5) is 8.17. The van der Waals surface area contributed by atoms with Crippen LogP contribution in [0.15, 0.2) is 6.07 Å². The minimum atomic E-state index is 0.407. The number of anilines is 2. The average molecular weight is 197 g/mol. The second-order valence-electron chi connectivity index (χ2n) is 2.78. The fourth-order valence-electron chi connectivity index (χ4n) is 1.00. The first kappa shape index (κ1) is 10.7. The van der Waals surface area contributed by atoms with Crippen molar-refractivity contribution in [1.29, 1.82) is 0 Å². The molecule has 0 unspecified atom stereocenters. The van der Waals surface area contributed by atoms with E-state index in [0.29, 0.717) is 19.1 Å². The Hall–Kier alpha value is -1.40. The predicted octanol–water partition coefficient (Wildman–Crippen LogP) is 0.129. The Balaban J connectivity index is 2.62. The molecule has 1 aromatic heterocycles. The zero-order chi connectivity index (χ0) is 10.4. The van der Waals surface area contributed by atoms with Crippen LogP contribution in [-0.2, 0) is 4.74 Å². The Morgan fingerprint density at radius 2 is 2.29 bits per heavy atom. The lowest BCUT2D eigenvalue weighted by Crippen LogP contribution is -2.14. The SMILES string of the molecule is COCCNc1cc(C)nc(NN)n1. The molecule has 0 amide bonds. The van der Waals surface area contributed by atoms with Gasteiger partial charge in [0.15, 0.2) is 0 Å². The number of hydrogen-bond donors (Lipinski definition) is 3. The third-order valence-electron chi connectivity index (χ3n) is 1.60. The fraction of sp³-hybridized carbons (Fsp3) is 0.500. The molecule has 0 fully saturated rings. The van der Waals surface area contributed by atoms with Gasteiger partial charge in [0, 0.05) is 25.4 Å². The molecule has 0 aliphatic rings. The van der Waals surface area contributed by atoms with Gasteiger partial charge < -0.3 is 10.1 Å². The van der Waals surface area contributed by atoms with Crippen LogP contribution in [0, 0.1) is 6.92 Å². The molecule has 0 atom stereocenters. The number of aryl methyl sites for hydroxylation is 1. The monoisotopic (exact) mass is 197 g/mol. The third-order valence-corrected chi connectivity index (χ3v) is 1.60. The Morgan fingerprint density at radius 1 is 1.50 bits per heavy atom. The smallest absolute Gasteiger partial charge is 0.239 e. The van der Waals surface area contributed by atoms with Crippen molar-refractivity contribution < 1.29 is 4.74 Å². The normalized spacial score (nSPS) is 9.93. The molecule has 0 bridgehead atoms. The second kappa shape index (κ2) is 5.36. The maximum absolute atomic E-state index is 5.21. The quantitative estimate of drug-likeness (QED) is 0.353. The highest BCUT2D eigenvalue weighted by atomic mass is 16.5. The van der Waals surface area contributed by atoms with E-state index in [1.54, 1.807) is 7.11 Å². The van der Waals surface area contributed by atoms with Gasteiger partial charge in [-0.2, -0.15) is 4.98 Å². The van der Waals surface area contributed by atoms with Crippen LogP contribution in [0.2, 0.25) is 0 Å². The number of nitrogens with two attached hydrogens (primary N) is 1. The minimum absolute atomic E-state index is 0.407. The molecular weight excluding hydrogens is 182 g/mol. The van der Waals surface area contributed by atoms with E-state index in [2.05, 4.69) is 20.7 Å². The van der Waals surface area contributed by atoms with Crippen molar-refractivity contribution in [1.82, 2.24) is 9.97 Å². The Morgan fingerprint density at radius 3 is 2.93 bits per heavy atom. The molecule has 6 heteroatoms. The molecule has 4 N–H and O–H groups in total. The summed E-state index contributed by atoms with van der Waals surface area (Å²) in [6.07, 6.45) is 0. The van der Waals surface area contributed by atoms with Crippen molar-refractivity contribution in [2.45, 2.75) is 6.92 Å². The maximum atomic E-state index is 5.21. The van der Waals surface area contributed by atoms with Crippen LogP contribution < -0.4 is 16.6 Å². The number of aromatic nitrogens is 2. The summed E-state index contributed by atoms with van der Waals surface area (Å²) in [5.74, 6) is 6.36. The molecule has 0 saturated heterocycles. The summed E-state index contributed by atoms with van der Waals surface area (Å²) in [5, 5.41) is 3.09. The number of nitrogens with zero attached hydrogens (tertiary/aromatic N) is 2. The molecule has 0 aliphatic heterocycles. The zero-order valence-corrected chi connectivity index (χ0v) is 8.37. The lowest BCUT2D eigenvalue weighted by Gasteiger charge is -2.07. The van der Waals surface area contributed by atoms with Gasteiger partial charge in [0.2, 0.25) is 5.95 Å². The largest absolute Gasteiger partial charge is 0.383 e. The number of nitrogen functional groups attached to an aromatic ring is 1. The van der Waals surface area contributed by atoms with Crippen molar-refractivity contribution >= 4 is 11.8 Å². The second-order valence-corrected chi connectivity index (χ2v) is 2.78. The highest BCUT2D eigenvalue weighted by Gasteiger charge is 1.99. The van der Waals surface area contributed by atoms with E-state index in [9.17, 15) is 0 Å². The standard InChI is InChI=1S/C8H15N5O/c1-6-5-7(10-3-4-14-2)12-8(11-6)13-9/h5H,3-4,9H2,1-2H3,(H2,10,11,12,13). The van der Waals surface area contributed by atoms with E-state index >= 15 is 0 Å². The lowest BCUT2D eigenvalue weighted by molar-refractivity contribution is 0.210. The van der Waals surface area contributed by atoms with Crippen LogP contribution in [0.5, 0.6) is 0 Å². The van der Waals surface area contributed by atoms with Crippen molar-refractivity contribution in [3.63, 3.8) is 0 Å². The molecule has 1 rings (SSSR count). The van der Waals surface area contributed by atoms with E-state index in [4.69, 9.17) is 10.6 Å². The topological polar surface area (TPSA) is 85.1 Å². The molecule has 0 saturated carbocycles. The summed E-state index contributed by atoms with van der Waals surface area (Å²) in [5.41, 5.74) is 3.26. The number of rotatable bonds is 5. The minimum Gasteiger partial charge on any atom is -0.383 e. The molecule has 6 nitrogen and oxygen atoms in total. The van der Waals surface area contributed by atoms with Crippen LogP contribution in [0.3, 0.4) is 0 Å². The number of hydrogen-bond acceptors (Lipinski definition) is 6. The molecular formula is C8H15N5O. The van der Waals surface area contributed by atoms with Crippen molar-refractivity contribution in [3.8, 4) is 0 Å². The molecule has 1 aromatic rings. The van der Waals surface area contributed by atoms with Crippen LogP contribution in [0.4, 0.5) is 11.8 Å². The average Bonchev–Trinajstić information content (AvgIpc) is 2.17. The van der Waals surface area contributed by atoms with Gasteiger partial charge >= 0.3 is 0 Å². The summed E-state index contributed by atoms with van der Waals surface area (Å²) in [6.45, 7) is 3.22. The van der Waals surface area contributed by atoms with Gasteiger partial charge in [0.05, 0.1) is 6.61 Å². The molecule has 0 aliphatic carbocycles. The molecule has 1 heterocycles. The Labute approximate surface area is 82.9 Å². The number of ether oxygens (including phenoxy) is 1. The molecule has 78 valence electrons. The van der Waals surface area contributed by atoms with Crippen LogP contribution in [-0.4, -0.2) is 30.2 Å². The number of hydrazine groups is 1. The van der Waals surface area contributed by atoms with E-state index in [0.717, 1.165) is 11.5 Å². The zero-order valence-electron chi connectivity index (χ0n) is 8.37. The summed E-state index contributed by atoms with van der Waals surface area (Å²) < 4.78 is 4.90. The highest BCUT2D eigenvalue weighted by Crippen LogP contribution is 2.07. The first-order chi connectivity index (χ1) is 6.76. The van der Waals surface area contributed by atoms with E-state index in [1.807, 2.05) is 13.0 Å². The van der Waals surface area contributed by atoms with Gasteiger partial charge in [0.1, 0.15) is 5.82 Å². The van der Waals surface area contributed by atoms with Crippen LogP contribution in [0.25, 0.3) is 0 Å².